The normalized spacial score (nSPS) is 16.4. The van der Waals surface area contributed by atoms with E-state index in [0.717, 1.165) is 45.3 Å². The van der Waals surface area contributed by atoms with Gasteiger partial charge in [0.05, 0.1) is 33.5 Å². The van der Waals surface area contributed by atoms with Gasteiger partial charge in [0.15, 0.2) is 11.5 Å². The van der Waals surface area contributed by atoms with E-state index in [-0.39, 0.29) is 18.7 Å². The Hall–Kier alpha value is -1.99. The van der Waals surface area contributed by atoms with Crippen molar-refractivity contribution in [2.24, 2.45) is 5.92 Å². The Morgan fingerprint density at radius 2 is 1.90 bits per heavy atom. The Morgan fingerprint density at radius 3 is 2.45 bits per heavy atom. The van der Waals surface area contributed by atoms with Crippen molar-refractivity contribution < 1.29 is 24.1 Å². The summed E-state index contributed by atoms with van der Waals surface area (Å²) in [6.45, 7) is 14.1. The van der Waals surface area contributed by atoms with Crippen molar-refractivity contribution in [3.8, 4) is 0 Å². The standard InChI is InChI=1S/C24H42N2O5/c1-19(2)8-9-23(21(4)29-5)31-17-7-13-25-14-10-22(11-15-25)12-16-26(20(3)18-27)24(28)30-6/h8-9,20,22,27H,4,7,10-18H2,1-3,5-6H3. The molecule has 1 fully saturated rings. The number of carbonyl (C=O) groups excluding carboxylic acids is 1. The first-order valence-electron chi connectivity index (χ1n) is 11.2. The topological polar surface area (TPSA) is 71.5 Å². The zero-order chi connectivity index (χ0) is 23.2. The van der Waals surface area contributed by atoms with Crippen molar-refractivity contribution in [3.05, 3.63) is 35.8 Å². The summed E-state index contributed by atoms with van der Waals surface area (Å²) in [6, 6.07) is -0.225. The number of hydrogen-bond donors (Lipinski definition) is 1. The third-order valence-electron chi connectivity index (χ3n) is 5.66. The van der Waals surface area contributed by atoms with Gasteiger partial charge in [-0.15, -0.1) is 0 Å². The molecular formula is C24H42N2O5. The van der Waals surface area contributed by atoms with E-state index in [0.29, 0.717) is 30.6 Å². The van der Waals surface area contributed by atoms with Crippen LogP contribution in [0.1, 0.15) is 46.5 Å². The Morgan fingerprint density at radius 1 is 1.23 bits per heavy atom. The maximum absolute atomic E-state index is 11.9. The molecule has 1 heterocycles. The predicted octanol–water partition coefficient (Wildman–Crippen LogP) is 3.95. The smallest absolute Gasteiger partial charge is 0.409 e. The van der Waals surface area contributed by atoms with Crippen molar-refractivity contribution in [2.45, 2.75) is 52.5 Å². The van der Waals surface area contributed by atoms with Crippen molar-refractivity contribution in [1.82, 2.24) is 9.80 Å². The molecule has 7 heteroatoms. The second kappa shape index (κ2) is 14.9. The highest BCUT2D eigenvalue weighted by Gasteiger charge is 2.24. The van der Waals surface area contributed by atoms with Gasteiger partial charge in [0, 0.05) is 13.1 Å². The van der Waals surface area contributed by atoms with E-state index < -0.39 is 0 Å². The summed E-state index contributed by atoms with van der Waals surface area (Å²) < 4.78 is 15.9. The molecule has 1 rings (SSSR count). The first kappa shape index (κ1) is 27.0. The van der Waals surface area contributed by atoms with E-state index in [2.05, 4.69) is 11.5 Å². The Balaban J connectivity index is 2.34. The number of aliphatic hydroxyl groups is 1. The maximum Gasteiger partial charge on any atom is 0.409 e. The fourth-order valence-electron chi connectivity index (χ4n) is 3.56. The molecule has 0 saturated carbocycles. The third-order valence-corrected chi connectivity index (χ3v) is 5.66. The van der Waals surface area contributed by atoms with E-state index in [1.54, 1.807) is 12.0 Å². The van der Waals surface area contributed by atoms with Crippen LogP contribution < -0.4 is 0 Å². The second-order valence-corrected chi connectivity index (χ2v) is 8.37. The summed E-state index contributed by atoms with van der Waals surface area (Å²) in [5.41, 5.74) is 1.19. The van der Waals surface area contributed by atoms with Crippen molar-refractivity contribution in [1.29, 1.82) is 0 Å². The quantitative estimate of drug-likeness (QED) is 0.267. The van der Waals surface area contributed by atoms with Crippen molar-refractivity contribution in [3.63, 3.8) is 0 Å². The molecule has 1 N–H and O–H groups in total. The lowest BCUT2D eigenvalue weighted by molar-refractivity contribution is 0.0812. The highest BCUT2D eigenvalue weighted by atomic mass is 16.5. The second-order valence-electron chi connectivity index (χ2n) is 8.37. The van der Waals surface area contributed by atoms with Gasteiger partial charge < -0.3 is 29.1 Å². The molecule has 1 atom stereocenters. The lowest BCUT2D eigenvalue weighted by Gasteiger charge is -2.34. The largest absolute Gasteiger partial charge is 0.493 e. The molecule has 0 radical (unpaired) electrons. The van der Waals surface area contributed by atoms with E-state index in [1.165, 1.54) is 12.7 Å². The first-order valence-corrected chi connectivity index (χ1v) is 11.2. The molecule has 1 aliphatic heterocycles. The fourth-order valence-corrected chi connectivity index (χ4v) is 3.56. The molecule has 0 aromatic rings. The Bertz CT molecular complexity index is 605. The SMILES string of the molecule is C=C(OC)C(=CC=C(C)C)OCCCN1CCC(CCN(C(=O)OC)C(C)CO)CC1. The number of piperidine rings is 1. The number of ether oxygens (including phenoxy) is 3. The minimum absolute atomic E-state index is 0.0570. The number of nitrogens with zero attached hydrogens (tertiary/aromatic N) is 2. The van der Waals surface area contributed by atoms with Crippen LogP contribution in [0.2, 0.25) is 0 Å². The molecule has 0 aliphatic carbocycles. The summed E-state index contributed by atoms with van der Waals surface area (Å²) in [7, 11) is 2.98. The highest BCUT2D eigenvalue weighted by Crippen LogP contribution is 2.22. The van der Waals surface area contributed by atoms with Gasteiger partial charge in [-0.1, -0.05) is 18.2 Å². The minimum Gasteiger partial charge on any atom is -0.493 e. The number of carbonyl (C=O) groups is 1. The average molecular weight is 439 g/mol. The van der Waals surface area contributed by atoms with Crippen molar-refractivity contribution in [2.75, 3.05) is 53.6 Å². The predicted molar refractivity (Wildman–Crippen MR) is 124 cm³/mol. The number of allylic oxidation sites excluding steroid dienone is 3. The van der Waals surface area contributed by atoms with E-state index in [1.807, 2.05) is 32.9 Å². The Kier molecular flexibility index (Phi) is 13.0. The number of likely N-dealkylation sites (tertiary alicyclic amines) is 1. The molecule has 0 spiro atoms. The van der Waals surface area contributed by atoms with Crippen LogP contribution in [0.4, 0.5) is 4.79 Å². The number of rotatable bonds is 13. The lowest BCUT2D eigenvalue weighted by Crippen LogP contribution is -2.42. The summed E-state index contributed by atoms with van der Waals surface area (Å²) in [5, 5.41) is 9.37. The fraction of sp³-hybridized carbons (Fsp3) is 0.708. The lowest BCUT2D eigenvalue weighted by atomic mass is 9.93. The molecule has 1 amide bonds. The molecule has 0 aromatic heterocycles. The van der Waals surface area contributed by atoms with E-state index in [4.69, 9.17) is 14.2 Å². The van der Waals surface area contributed by atoms with Crippen LogP contribution in [-0.4, -0.2) is 80.7 Å². The highest BCUT2D eigenvalue weighted by molar-refractivity contribution is 5.67. The third kappa shape index (κ3) is 10.2. The van der Waals surface area contributed by atoms with Gasteiger partial charge in [-0.3, -0.25) is 0 Å². The van der Waals surface area contributed by atoms with Crippen LogP contribution in [-0.2, 0) is 14.2 Å². The summed E-state index contributed by atoms with van der Waals surface area (Å²) >= 11 is 0. The zero-order valence-corrected chi connectivity index (χ0v) is 20.1. The van der Waals surface area contributed by atoms with E-state index in [9.17, 15) is 9.90 Å². The number of methoxy groups -OCH3 is 2. The summed E-state index contributed by atoms with van der Waals surface area (Å²) in [5.74, 6) is 1.80. The molecule has 1 aliphatic rings. The maximum atomic E-state index is 11.9. The summed E-state index contributed by atoms with van der Waals surface area (Å²) in [6.07, 6.45) is 7.65. The monoisotopic (exact) mass is 438 g/mol. The van der Waals surface area contributed by atoms with Gasteiger partial charge in [-0.05, 0) is 71.5 Å². The van der Waals surface area contributed by atoms with E-state index >= 15 is 0 Å². The van der Waals surface area contributed by atoms with Gasteiger partial charge >= 0.3 is 6.09 Å². The average Bonchev–Trinajstić information content (AvgIpc) is 2.78. The van der Waals surface area contributed by atoms with Gasteiger partial charge in [-0.25, -0.2) is 4.79 Å². The molecule has 0 aromatic carbocycles. The van der Waals surface area contributed by atoms with Crippen LogP contribution in [0, 0.1) is 5.92 Å². The van der Waals surface area contributed by atoms with Crippen LogP contribution in [0.25, 0.3) is 0 Å². The number of amides is 1. The number of aliphatic hydroxyl groups excluding tert-OH is 1. The Labute approximate surface area is 188 Å². The van der Waals surface area contributed by atoms with Crippen LogP contribution in [0.5, 0.6) is 0 Å². The van der Waals surface area contributed by atoms with Crippen molar-refractivity contribution >= 4 is 6.09 Å². The molecule has 7 nitrogen and oxygen atoms in total. The first-order chi connectivity index (χ1) is 14.8. The molecule has 31 heavy (non-hydrogen) atoms. The summed E-state index contributed by atoms with van der Waals surface area (Å²) in [4.78, 5) is 16.0. The van der Waals surface area contributed by atoms with Gasteiger partial charge in [0.25, 0.3) is 0 Å². The van der Waals surface area contributed by atoms with Crippen LogP contribution in [0.3, 0.4) is 0 Å². The van der Waals surface area contributed by atoms with Gasteiger partial charge in [-0.2, -0.15) is 0 Å². The molecular weight excluding hydrogens is 396 g/mol. The number of hydrogen-bond acceptors (Lipinski definition) is 6. The molecule has 178 valence electrons. The van der Waals surface area contributed by atoms with Crippen LogP contribution >= 0.6 is 0 Å². The van der Waals surface area contributed by atoms with Gasteiger partial charge in [0.2, 0.25) is 0 Å². The molecule has 1 unspecified atom stereocenters. The van der Waals surface area contributed by atoms with Crippen LogP contribution in [0.15, 0.2) is 35.8 Å². The minimum atomic E-state index is -0.367. The zero-order valence-electron chi connectivity index (χ0n) is 20.1. The molecule has 1 saturated heterocycles. The van der Waals surface area contributed by atoms with Gasteiger partial charge in [0.1, 0.15) is 0 Å². The molecule has 0 bridgehead atoms.